The zero-order chi connectivity index (χ0) is 10.9. The van der Waals surface area contributed by atoms with E-state index in [0.717, 1.165) is 11.0 Å². The monoisotopic (exact) mass is 242 g/mol. The molecule has 0 unspecified atom stereocenters. The fourth-order valence-corrected chi connectivity index (χ4v) is 1.22. The van der Waals surface area contributed by atoms with Gasteiger partial charge in [-0.15, -0.1) is 12.4 Å². The first kappa shape index (κ1) is 12.8. The number of nitrogens with two attached hydrogens (primary N) is 1. The molecule has 88 valence electrons. The molecule has 2 N–H and O–H groups in total. The van der Waals surface area contributed by atoms with Crippen molar-refractivity contribution in [2.75, 3.05) is 6.61 Å². The second kappa shape index (κ2) is 4.72. The Balaban J connectivity index is 0.00000128. The SMILES string of the molecule is CC(C)(N)COc1noc2ccccc12.Cl. The van der Waals surface area contributed by atoms with Crippen LogP contribution >= 0.6 is 12.4 Å². The van der Waals surface area contributed by atoms with Gasteiger partial charge >= 0.3 is 0 Å². The van der Waals surface area contributed by atoms with Gasteiger partial charge in [-0.2, -0.15) is 0 Å². The molecule has 2 aromatic rings. The number of nitrogens with zero attached hydrogens (tertiary/aromatic N) is 1. The number of halogens is 1. The molecular formula is C11H15ClN2O2. The number of benzene rings is 1. The molecule has 5 heteroatoms. The van der Waals surface area contributed by atoms with Crippen LogP contribution < -0.4 is 10.5 Å². The number of rotatable bonds is 3. The quantitative estimate of drug-likeness (QED) is 0.898. The Morgan fingerprint density at radius 3 is 2.75 bits per heavy atom. The number of ether oxygens (including phenoxy) is 1. The molecule has 1 aromatic heterocycles. The largest absolute Gasteiger partial charge is 0.473 e. The topological polar surface area (TPSA) is 61.3 Å². The van der Waals surface area contributed by atoms with E-state index in [2.05, 4.69) is 5.16 Å². The van der Waals surface area contributed by atoms with Gasteiger partial charge in [-0.3, -0.25) is 0 Å². The summed E-state index contributed by atoms with van der Waals surface area (Å²) in [6, 6.07) is 7.57. The molecule has 16 heavy (non-hydrogen) atoms. The third-order valence-electron chi connectivity index (χ3n) is 1.93. The zero-order valence-corrected chi connectivity index (χ0v) is 10.1. The van der Waals surface area contributed by atoms with Crippen LogP contribution in [-0.2, 0) is 0 Å². The molecular weight excluding hydrogens is 228 g/mol. The van der Waals surface area contributed by atoms with Gasteiger partial charge in [0.2, 0.25) is 0 Å². The molecule has 0 bridgehead atoms. The van der Waals surface area contributed by atoms with Crippen LogP contribution in [0.15, 0.2) is 28.8 Å². The number of para-hydroxylation sites is 1. The minimum atomic E-state index is -0.375. The van der Waals surface area contributed by atoms with Crippen LogP contribution in [0.4, 0.5) is 0 Å². The van der Waals surface area contributed by atoms with Crippen LogP contribution in [0.2, 0.25) is 0 Å². The van der Waals surface area contributed by atoms with Gasteiger partial charge in [-0.1, -0.05) is 12.1 Å². The summed E-state index contributed by atoms with van der Waals surface area (Å²) >= 11 is 0. The average molecular weight is 243 g/mol. The Bertz CT molecular complexity index is 462. The lowest BCUT2D eigenvalue weighted by atomic mass is 10.1. The predicted molar refractivity (Wildman–Crippen MR) is 65.0 cm³/mol. The Hall–Kier alpha value is -1.26. The Kier molecular flexibility index (Phi) is 3.78. The Morgan fingerprint density at radius 2 is 2.06 bits per heavy atom. The van der Waals surface area contributed by atoms with Crippen molar-refractivity contribution in [2.45, 2.75) is 19.4 Å². The van der Waals surface area contributed by atoms with Gasteiger partial charge in [0, 0.05) is 5.54 Å². The van der Waals surface area contributed by atoms with Crippen LogP contribution in [0, 0.1) is 0 Å². The van der Waals surface area contributed by atoms with Gasteiger partial charge in [0.15, 0.2) is 5.58 Å². The molecule has 0 aliphatic rings. The molecule has 4 nitrogen and oxygen atoms in total. The summed E-state index contributed by atoms with van der Waals surface area (Å²) in [6.45, 7) is 4.20. The van der Waals surface area contributed by atoms with Crippen LogP contribution in [-0.4, -0.2) is 17.3 Å². The van der Waals surface area contributed by atoms with Crippen molar-refractivity contribution in [3.8, 4) is 5.88 Å². The first-order chi connectivity index (χ1) is 7.06. The van der Waals surface area contributed by atoms with Gasteiger partial charge in [0.25, 0.3) is 5.88 Å². The van der Waals surface area contributed by atoms with E-state index in [0.29, 0.717) is 12.5 Å². The zero-order valence-electron chi connectivity index (χ0n) is 9.27. The summed E-state index contributed by atoms with van der Waals surface area (Å²) in [5, 5.41) is 4.72. The lowest BCUT2D eigenvalue weighted by Crippen LogP contribution is -2.38. The van der Waals surface area contributed by atoms with Gasteiger partial charge < -0.3 is 15.0 Å². The molecule has 0 atom stereocenters. The standard InChI is InChI=1S/C11H14N2O2.ClH/c1-11(2,12)7-14-10-8-5-3-4-6-9(8)15-13-10;/h3-6H,7,12H2,1-2H3;1H. The molecule has 1 heterocycles. The smallest absolute Gasteiger partial charge is 0.262 e. The Morgan fingerprint density at radius 1 is 1.38 bits per heavy atom. The fourth-order valence-electron chi connectivity index (χ4n) is 1.22. The van der Waals surface area contributed by atoms with E-state index in [1.807, 2.05) is 38.1 Å². The van der Waals surface area contributed by atoms with E-state index in [-0.39, 0.29) is 17.9 Å². The van der Waals surface area contributed by atoms with E-state index in [4.69, 9.17) is 15.0 Å². The molecule has 0 radical (unpaired) electrons. The highest BCUT2D eigenvalue weighted by Gasteiger charge is 2.14. The summed E-state index contributed by atoms with van der Waals surface area (Å²) in [5.74, 6) is 0.504. The highest BCUT2D eigenvalue weighted by Crippen LogP contribution is 2.24. The van der Waals surface area contributed by atoms with Gasteiger partial charge in [0.05, 0.1) is 5.39 Å². The molecule has 0 saturated carbocycles. The summed E-state index contributed by atoms with van der Waals surface area (Å²) in [4.78, 5) is 0. The first-order valence-electron chi connectivity index (χ1n) is 4.82. The molecule has 2 rings (SSSR count). The van der Waals surface area contributed by atoms with Crippen molar-refractivity contribution >= 4 is 23.4 Å². The van der Waals surface area contributed by atoms with Crippen LogP contribution in [0.5, 0.6) is 5.88 Å². The van der Waals surface area contributed by atoms with E-state index < -0.39 is 0 Å². The van der Waals surface area contributed by atoms with Crippen molar-refractivity contribution in [1.82, 2.24) is 5.16 Å². The molecule has 0 aliphatic heterocycles. The van der Waals surface area contributed by atoms with Crippen molar-refractivity contribution in [1.29, 1.82) is 0 Å². The average Bonchev–Trinajstić information content (AvgIpc) is 2.57. The molecule has 0 saturated heterocycles. The summed E-state index contributed by atoms with van der Waals surface area (Å²) < 4.78 is 10.6. The van der Waals surface area contributed by atoms with Crippen molar-refractivity contribution in [3.05, 3.63) is 24.3 Å². The minimum absolute atomic E-state index is 0. The molecule has 0 spiro atoms. The van der Waals surface area contributed by atoms with E-state index >= 15 is 0 Å². The fraction of sp³-hybridized carbons (Fsp3) is 0.364. The first-order valence-corrected chi connectivity index (χ1v) is 4.82. The normalized spacial score (nSPS) is 11.2. The summed E-state index contributed by atoms with van der Waals surface area (Å²) in [7, 11) is 0. The van der Waals surface area contributed by atoms with Crippen LogP contribution in [0.3, 0.4) is 0 Å². The lowest BCUT2D eigenvalue weighted by Gasteiger charge is -2.17. The van der Waals surface area contributed by atoms with Gasteiger partial charge in [-0.05, 0) is 31.1 Å². The van der Waals surface area contributed by atoms with Gasteiger partial charge in [-0.25, -0.2) is 0 Å². The lowest BCUT2D eigenvalue weighted by molar-refractivity contribution is 0.225. The van der Waals surface area contributed by atoms with Crippen molar-refractivity contribution in [2.24, 2.45) is 5.73 Å². The van der Waals surface area contributed by atoms with Crippen LogP contribution in [0.1, 0.15) is 13.8 Å². The second-order valence-corrected chi connectivity index (χ2v) is 4.26. The number of fused-ring (bicyclic) bond motifs is 1. The third-order valence-corrected chi connectivity index (χ3v) is 1.93. The van der Waals surface area contributed by atoms with E-state index in [1.54, 1.807) is 0 Å². The molecule has 0 aliphatic carbocycles. The van der Waals surface area contributed by atoms with E-state index in [9.17, 15) is 0 Å². The minimum Gasteiger partial charge on any atom is -0.473 e. The number of aromatic nitrogens is 1. The molecule has 0 fully saturated rings. The van der Waals surface area contributed by atoms with Crippen molar-refractivity contribution in [3.63, 3.8) is 0 Å². The number of hydrogen-bond donors (Lipinski definition) is 1. The summed E-state index contributed by atoms with van der Waals surface area (Å²) in [6.07, 6.45) is 0. The van der Waals surface area contributed by atoms with Crippen molar-refractivity contribution < 1.29 is 9.26 Å². The van der Waals surface area contributed by atoms with Crippen LogP contribution in [0.25, 0.3) is 11.0 Å². The van der Waals surface area contributed by atoms with Gasteiger partial charge in [0.1, 0.15) is 6.61 Å². The highest BCUT2D eigenvalue weighted by atomic mass is 35.5. The van der Waals surface area contributed by atoms with E-state index in [1.165, 1.54) is 0 Å². The Labute approximate surface area is 100 Å². The summed E-state index contributed by atoms with van der Waals surface area (Å²) in [5.41, 5.74) is 6.16. The maximum absolute atomic E-state index is 5.81. The molecule has 0 amide bonds. The maximum Gasteiger partial charge on any atom is 0.262 e. The highest BCUT2D eigenvalue weighted by molar-refractivity contribution is 5.85. The number of hydrogen-bond acceptors (Lipinski definition) is 4. The predicted octanol–water partition coefficient (Wildman–Crippen LogP) is 2.37. The third kappa shape index (κ3) is 2.87. The maximum atomic E-state index is 5.81. The second-order valence-electron chi connectivity index (χ2n) is 4.26. The molecule has 1 aromatic carbocycles.